The van der Waals surface area contributed by atoms with E-state index in [1.54, 1.807) is 0 Å². The molecule has 0 fully saturated rings. The predicted molar refractivity (Wildman–Crippen MR) is 70.4 cm³/mol. The molecule has 0 aliphatic heterocycles. The Balaban J connectivity index is 2.74. The number of rotatable bonds is 2. The first-order valence-electron chi connectivity index (χ1n) is 5.07. The zero-order valence-electron chi connectivity index (χ0n) is 8.53. The van der Waals surface area contributed by atoms with Crippen LogP contribution >= 0.6 is 22.6 Å². The maximum absolute atomic E-state index is 11.9. The summed E-state index contributed by atoms with van der Waals surface area (Å²) in [5.41, 5.74) is 0.955. The number of hydrogen-bond donors (Lipinski definition) is 0. The minimum atomic E-state index is -0.608. The van der Waals surface area contributed by atoms with Crippen molar-refractivity contribution >= 4 is 33.4 Å². The lowest BCUT2D eigenvalue weighted by Gasteiger charge is -2.12. The molecule has 1 unspecified atom stereocenters. The van der Waals surface area contributed by atoms with Crippen LogP contribution in [0.3, 0.4) is 0 Å². The second kappa shape index (κ2) is 4.49. The van der Waals surface area contributed by atoms with Gasteiger partial charge in [-0.3, -0.25) is 0 Å². The van der Waals surface area contributed by atoms with Crippen LogP contribution in [0.5, 0.6) is 0 Å². The maximum atomic E-state index is 11.9. The van der Waals surface area contributed by atoms with Gasteiger partial charge in [0.1, 0.15) is 6.10 Å². The second-order valence-corrected chi connectivity index (χ2v) is 4.74. The van der Waals surface area contributed by atoms with Crippen LogP contribution in [0, 0.1) is 3.57 Å². The molecule has 1 atom stereocenters. The summed E-state index contributed by atoms with van der Waals surface area (Å²) in [4.78, 5) is 0. The molecule has 2 rings (SSSR count). The summed E-state index contributed by atoms with van der Waals surface area (Å²) in [6.07, 6.45) is 0.0345. The first-order valence-corrected chi connectivity index (χ1v) is 6.15. The smallest absolute Gasteiger partial charge is 0.119 e. The van der Waals surface area contributed by atoms with E-state index in [0.29, 0.717) is 6.42 Å². The average Bonchev–Trinajstić information content (AvgIpc) is 2.28. The minimum Gasteiger partial charge on any atom is -0.228 e. The van der Waals surface area contributed by atoms with Gasteiger partial charge in [0, 0.05) is 9.13 Å². The van der Waals surface area contributed by atoms with Crippen molar-refractivity contribution in [1.82, 2.24) is 0 Å². The van der Waals surface area contributed by atoms with Gasteiger partial charge >= 0.3 is 0 Å². The second-order valence-electron chi connectivity index (χ2n) is 3.58. The normalized spacial score (nSPS) is 13.0. The molecule has 0 aliphatic rings. The Kier molecular flexibility index (Phi) is 3.26. The predicted octanol–water partition coefficient (Wildman–Crippen LogP) is 4.33. The van der Waals surface area contributed by atoms with Gasteiger partial charge in [-0.05, 0) is 45.9 Å². The maximum Gasteiger partial charge on any atom is 0.119 e. The largest absolute Gasteiger partial charge is 0.228 e. The highest BCUT2D eigenvalue weighted by Gasteiger charge is 2.14. The minimum absolute atomic E-state index is 0.608. The van der Waals surface area contributed by atoms with Gasteiger partial charge in [-0.15, -0.1) is 0 Å². The van der Waals surface area contributed by atoms with E-state index in [0.717, 1.165) is 19.9 Å². The number of hydrogen-bond acceptors (Lipinski definition) is 0. The molecule has 1 radical (unpaired) electrons. The summed E-state index contributed by atoms with van der Waals surface area (Å²) in [7, 11) is 0. The Morgan fingerprint density at radius 3 is 2.67 bits per heavy atom. The van der Waals surface area contributed by atoms with Crippen LogP contribution < -0.4 is 0 Å². The molecule has 2 heteroatoms. The van der Waals surface area contributed by atoms with Gasteiger partial charge in [0.05, 0.1) is 0 Å². The average molecular weight is 311 g/mol. The summed E-state index contributed by atoms with van der Waals surface area (Å²) in [6, 6.07) is 12.2. The Morgan fingerprint density at radius 1 is 1.20 bits per heavy atom. The molecule has 0 bridgehead atoms. The molecule has 0 saturated heterocycles. The van der Waals surface area contributed by atoms with Gasteiger partial charge in [0.25, 0.3) is 0 Å². The van der Waals surface area contributed by atoms with Crippen molar-refractivity contribution < 1.29 is 5.11 Å². The van der Waals surface area contributed by atoms with Crippen molar-refractivity contribution in [2.45, 2.75) is 19.4 Å². The van der Waals surface area contributed by atoms with Crippen molar-refractivity contribution in [1.29, 1.82) is 0 Å². The molecule has 0 heterocycles. The molecular weight excluding hydrogens is 299 g/mol. The molecule has 0 aromatic heterocycles. The van der Waals surface area contributed by atoms with Crippen molar-refractivity contribution in [2.24, 2.45) is 0 Å². The van der Waals surface area contributed by atoms with Crippen LogP contribution in [0.1, 0.15) is 25.0 Å². The van der Waals surface area contributed by atoms with Gasteiger partial charge in [-0.1, -0.05) is 37.3 Å². The molecule has 0 saturated carbocycles. The van der Waals surface area contributed by atoms with E-state index in [1.807, 2.05) is 31.2 Å². The van der Waals surface area contributed by atoms with Crippen LogP contribution in [0.4, 0.5) is 0 Å². The molecular formula is C13H12IO. The van der Waals surface area contributed by atoms with E-state index in [9.17, 15) is 5.11 Å². The Labute approximate surface area is 103 Å². The van der Waals surface area contributed by atoms with Gasteiger partial charge in [0.15, 0.2) is 0 Å². The molecule has 77 valence electrons. The fourth-order valence-electron chi connectivity index (χ4n) is 1.80. The van der Waals surface area contributed by atoms with Gasteiger partial charge in [-0.25, -0.2) is 5.11 Å². The van der Waals surface area contributed by atoms with Crippen molar-refractivity contribution in [3.63, 3.8) is 0 Å². The third-order valence-electron chi connectivity index (χ3n) is 2.61. The first-order chi connectivity index (χ1) is 7.24. The van der Waals surface area contributed by atoms with Crippen molar-refractivity contribution in [2.75, 3.05) is 0 Å². The summed E-state index contributed by atoms with van der Waals surface area (Å²) in [5.74, 6) is 0. The molecule has 0 spiro atoms. The molecule has 15 heavy (non-hydrogen) atoms. The molecule has 2 aromatic rings. The van der Waals surface area contributed by atoms with E-state index in [2.05, 4.69) is 34.7 Å². The first kappa shape index (κ1) is 10.9. The van der Waals surface area contributed by atoms with Gasteiger partial charge in [0.2, 0.25) is 0 Å². The highest BCUT2D eigenvalue weighted by atomic mass is 127. The summed E-state index contributed by atoms with van der Waals surface area (Å²) in [6.45, 7) is 1.94. The lowest BCUT2D eigenvalue weighted by Crippen LogP contribution is -1.98. The fraction of sp³-hybridized carbons (Fsp3) is 0.231. The van der Waals surface area contributed by atoms with E-state index < -0.39 is 6.10 Å². The van der Waals surface area contributed by atoms with E-state index in [1.165, 1.54) is 0 Å². The molecule has 2 aromatic carbocycles. The SMILES string of the molecule is CCC([O])c1c(I)ccc2ccccc12. The molecule has 0 N–H and O–H groups in total. The molecule has 0 aliphatic carbocycles. The summed E-state index contributed by atoms with van der Waals surface area (Å²) < 4.78 is 1.08. The van der Waals surface area contributed by atoms with Crippen molar-refractivity contribution in [3.8, 4) is 0 Å². The molecule has 0 amide bonds. The fourth-order valence-corrected chi connectivity index (χ4v) is 2.62. The van der Waals surface area contributed by atoms with Crippen LogP contribution in [0.15, 0.2) is 36.4 Å². The van der Waals surface area contributed by atoms with Crippen LogP contribution in [0.25, 0.3) is 10.8 Å². The third-order valence-corrected chi connectivity index (χ3v) is 3.55. The Hall–Kier alpha value is -0.610. The van der Waals surface area contributed by atoms with Gasteiger partial charge in [-0.2, -0.15) is 0 Å². The van der Waals surface area contributed by atoms with Gasteiger partial charge < -0.3 is 0 Å². The zero-order chi connectivity index (χ0) is 10.8. The highest BCUT2D eigenvalue weighted by molar-refractivity contribution is 14.1. The number of fused-ring (bicyclic) bond motifs is 1. The molecule has 1 nitrogen and oxygen atoms in total. The topological polar surface area (TPSA) is 19.9 Å². The summed E-state index contributed by atoms with van der Waals surface area (Å²) >= 11 is 2.25. The quantitative estimate of drug-likeness (QED) is 0.736. The van der Waals surface area contributed by atoms with E-state index >= 15 is 0 Å². The Morgan fingerprint density at radius 2 is 1.93 bits per heavy atom. The van der Waals surface area contributed by atoms with E-state index in [-0.39, 0.29) is 0 Å². The lowest BCUT2D eigenvalue weighted by atomic mass is 9.99. The highest BCUT2D eigenvalue weighted by Crippen LogP contribution is 2.30. The standard InChI is InChI=1S/C13H12IO/c1-2-12(15)13-10-6-4-3-5-9(10)7-8-11(13)14/h3-8,12H,2H2,1H3. The monoisotopic (exact) mass is 311 g/mol. The third kappa shape index (κ3) is 2.01. The van der Waals surface area contributed by atoms with E-state index in [4.69, 9.17) is 0 Å². The van der Waals surface area contributed by atoms with Crippen LogP contribution in [-0.4, -0.2) is 0 Å². The van der Waals surface area contributed by atoms with Crippen LogP contribution in [-0.2, 0) is 5.11 Å². The van der Waals surface area contributed by atoms with Crippen LogP contribution in [0.2, 0.25) is 0 Å². The number of benzene rings is 2. The summed E-state index contributed by atoms with van der Waals surface area (Å²) in [5, 5.41) is 14.2. The Bertz CT molecular complexity index is 479. The number of halogens is 1. The lowest BCUT2D eigenvalue weighted by molar-refractivity contribution is 0.0863. The van der Waals surface area contributed by atoms with Crippen molar-refractivity contribution in [3.05, 3.63) is 45.5 Å². The zero-order valence-corrected chi connectivity index (χ0v) is 10.7.